The Hall–Kier alpha value is -3.36. The van der Waals surface area contributed by atoms with Gasteiger partial charge in [0.25, 0.3) is 0 Å². The van der Waals surface area contributed by atoms with Gasteiger partial charge in [0.15, 0.2) is 10.3 Å². The molecule has 5 rings (SSSR count). The van der Waals surface area contributed by atoms with Gasteiger partial charge in [-0.25, -0.2) is 0 Å². The molecule has 5 aromatic rings. The van der Waals surface area contributed by atoms with E-state index in [1.165, 1.54) is 11.1 Å². The minimum atomic E-state index is 0.835. The van der Waals surface area contributed by atoms with Gasteiger partial charge in [-0.15, -0.1) is 20.4 Å². The van der Waals surface area contributed by atoms with Crippen LogP contribution in [0.15, 0.2) is 108 Å². The maximum atomic E-state index is 4.27. The maximum absolute atomic E-state index is 4.27. The molecule has 0 amide bonds. The molecular formula is C24H20N6S2. The van der Waals surface area contributed by atoms with Crippen LogP contribution in [0.4, 0.5) is 0 Å². The highest BCUT2D eigenvalue weighted by molar-refractivity contribution is 7.98. The quantitative estimate of drug-likeness (QED) is 0.290. The minimum absolute atomic E-state index is 0.835. The van der Waals surface area contributed by atoms with Gasteiger partial charge in [0.2, 0.25) is 0 Å². The summed E-state index contributed by atoms with van der Waals surface area (Å²) in [6, 6.07) is 29.0. The molecule has 32 heavy (non-hydrogen) atoms. The van der Waals surface area contributed by atoms with Gasteiger partial charge in [0.1, 0.15) is 12.7 Å². The average molecular weight is 457 g/mol. The smallest absolute Gasteiger partial charge is 0.195 e. The molecule has 3 aromatic carbocycles. The number of nitrogens with zero attached hydrogens (tertiary/aromatic N) is 6. The van der Waals surface area contributed by atoms with Gasteiger partial charge >= 0.3 is 0 Å². The Kier molecular flexibility index (Phi) is 6.32. The normalized spacial score (nSPS) is 11.0. The van der Waals surface area contributed by atoms with Crippen molar-refractivity contribution in [2.24, 2.45) is 0 Å². The van der Waals surface area contributed by atoms with Crippen molar-refractivity contribution in [2.45, 2.75) is 21.8 Å². The summed E-state index contributed by atoms with van der Waals surface area (Å²) in [5.41, 5.74) is 4.63. The van der Waals surface area contributed by atoms with E-state index in [0.717, 1.165) is 33.2 Å². The average Bonchev–Trinajstić information content (AvgIpc) is 3.53. The number of thioether (sulfide) groups is 2. The monoisotopic (exact) mass is 456 g/mol. The number of rotatable bonds is 8. The largest absolute Gasteiger partial charge is 0.277 e. The van der Waals surface area contributed by atoms with E-state index in [9.17, 15) is 0 Å². The van der Waals surface area contributed by atoms with Gasteiger partial charge in [-0.2, -0.15) is 0 Å². The molecule has 0 saturated carbocycles. The number of benzene rings is 3. The summed E-state index contributed by atoms with van der Waals surface area (Å²) in [5, 5.41) is 18.5. The van der Waals surface area contributed by atoms with Crippen LogP contribution in [0.3, 0.4) is 0 Å². The molecule has 158 valence electrons. The van der Waals surface area contributed by atoms with Crippen LogP contribution >= 0.6 is 23.5 Å². The SMILES string of the molecule is c1ccc(-n2cnnc2SCc2ccc(CSc3nncn3-c3ccccc3)cc2)cc1. The molecule has 0 unspecified atom stereocenters. The molecule has 0 atom stereocenters. The van der Waals surface area contributed by atoms with Gasteiger partial charge in [0.05, 0.1) is 0 Å². The van der Waals surface area contributed by atoms with Crippen LogP contribution in [0.2, 0.25) is 0 Å². The Morgan fingerprint density at radius 3 is 1.34 bits per heavy atom. The van der Waals surface area contributed by atoms with E-state index in [-0.39, 0.29) is 0 Å². The predicted octanol–water partition coefficient (Wildman–Crippen LogP) is 5.43. The van der Waals surface area contributed by atoms with Crippen molar-refractivity contribution in [2.75, 3.05) is 0 Å². The first-order valence-corrected chi connectivity index (χ1v) is 12.1. The van der Waals surface area contributed by atoms with Crippen LogP contribution in [0.25, 0.3) is 11.4 Å². The van der Waals surface area contributed by atoms with Crippen LogP contribution in [0, 0.1) is 0 Å². The Bertz CT molecular complexity index is 1170. The Morgan fingerprint density at radius 1 is 0.531 bits per heavy atom. The lowest BCUT2D eigenvalue weighted by Crippen LogP contribution is -1.95. The highest BCUT2D eigenvalue weighted by Crippen LogP contribution is 2.26. The van der Waals surface area contributed by atoms with Crippen LogP contribution in [-0.4, -0.2) is 29.5 Å². The zero-order valence-corrected chi connectivity index (χ0v) is 18.8. The second-order valence-electron chi connectivity index (χ2n) is 7.03. The van der Waals surface area contributed by atoms with Crippen molar-refractivity contribution in [3.8, 4) is 11.4 Å². The van der Waals surface area contributed by atoms with E-state index in [4.69, 9.17) is 0 Å². The van der Waals surface area contributed by atoms with E-state index in [1.54, 1.807) is 36.2 Å². The second-order valence-corrected chi connectivity index (χ2v) is 8.92. The molecule has 0 bridgehead atoms. The van der Waals surface area contributed by atoms with Crippen LogP contribution in [0.5, 0.6) is 0 Å². The van der Waals surface area contributed by atoms with Crippen LogP contribution in [0.1, 0.15) is 11.1 Å². The molecule has 6 nitrogen and oxygen atoms in total. The molecule has 0 aliphatic heterocycles. The summed E-state index contributed by atoms with van der Waals surface area (Å²) in [5.74, 6) is 1.67. The fraction of sp³-hybridized carbons (Fsp3) is 0.0833. The number of hydrogen-bond acceptors (Lipinski definition) is 6. The molecule has 0 saturated heterocycles. The van der Waals surface area contributed by atoms with E-state index in [1.807, 2.05) is 45.5 Å². The molecule has 0 N–H and O–H groups in total. The second kappa shape index (κ2) is 9.84. The van der Waals surface area contributed by atoms with Gasteiger partial charge in [-0.1, -0.05) is 84.2 Å². The van der Waals surface area contributed by atoms with Crippen LogP contribution in [-0.2, 0) is 11.5 Å². The van der Waals surface area contributed by atoms with Crippen molar-refractivity contribution < 1.29 is 0 Å². The fourth-order valence-electron chi connectivity index (χ4n) is 3.20. The van der Waals surface area contributed by atoms with Crippen molar-refractivity contribution in [3.05, 3.63) is 109 Å². The summed E-state index contributed by atoms with van der Waals surface area (Å²) in [7, 11) is 0. The van der Waals surface area contributed by atoms with E-state index in [2.05, 4.69) is 68.9 Å². The third-order valence-corrected chi connectivity index (χ3v) is 6.89. The standard InChI is InChI=1S/C24H20N6S2/c1-3-7-21(8-4-1)29-17-25-27-23(29)31-15-19-11-13-20(14-12-19)16-32-24-28-26-18-30(24)22-9-5-2-6-10-22/h1-14,17-18H,15-16H2. The molecule has 8 heteroatoms. The number of para-hydroxylation sites is 2. The lowest BCUT2D eigenvalue weighted by molar-refractivity contribution is 0.883. The summed E-state index contributed by atoms with van der Waals surface area (Å²) < 4.78 is 4.02. The minimum Gasteiger partial charge on any atom is -0.277 e. The Labute approximate surface area is 194 Å². The summed E-state index contributed by atoms with van der Waals surface area (Å²) in [6.07, 6.45) is 3.51. The number of hydrogen-bond donors (Lipinski definition) is 0. The first kappa shape index (κ1) is 20.5. The molecule has 2 heterocycles. The molecule has 0 aliphatic rings. The lowest BCUT2D eigenvalue weighted by Gasteiger charge is -2.07. The first-order chi connectivity index (χ1) is 15.9. The molecule has 2 aromatic heterocycles. The molecular weight excluding hydrogens is 436 g/mol. The van der Waals surface area contributed by atoms with Gasteiger partial charge < -0.3 is 0 Å². The van der Waals surface area contributed by atoms with Crippen molar-refractivity contribution in [1.82, 2.24) is 29.5 Å². The molecule has 0 fully saturated rings. The third kappa shape index (κ3) is 4.76. The molecule has 0 spiro atoms. The van der Waals surface area contributed by atoms with Gasteiger partial charge in [-0.3, -0.25) is 9.13 Å². The number of aromatic nitrogens is 6. The first-order valence-electron chi connectivity index (χ1n) is 10.1. The van der Waals surface area contributed by atoms with Crippen LogP contribution < -0.4 is 0 Å². The van der Waals surface area contributed by atoms with E-state index < -0.39 is 0 Å². The summed E-state index contributed by atoms with van der Waals surface area (Å²) >= 11 is 3.36. The molecule has 0 aliphatic carbocycles. The van der Waals surface area contributed by atoms with Gasteiger partial charge in [-0.05, 0) is 35.4 Å². The maximum Gasteiger partial charge on any atom is 0.195 e. The van der Waals surface area contributed by atoms with E-state index in [0.29, 0.717) is 0 Å². The van der Waals surface area contributed by atoms with E-state index >= 15 is 0 Å². The Balaban J connectivity index is 1.19. The lowest BCUT2D eigenvalue weighted by atomic mass is 10.2. The Morgan fingerprint density at radius 2 is 0.938 bits per heavy atom. The van der Waals surface area contributed by atoms with Crippen molar-refractivity contribution in [1.29, 1.82) is 0 Å². The highest BCUT2D eigenvalue weighted by atomic mass is 32.2. The van der Waals surface area contributed by atoms with Gasteiger partial charge in [0, 0.05) is 22.9 Å². The predicted molar refractivity (Wildman–Crippen MR) is 128 cm³/mol. The molecule has 0 radical (unpaired) electrons. The topological polar surface area (TPSA) is 61.4 Å². The zero-order valence-electron chi connectivity index (χ0n) is 17.2. The zero-order chi connectivity index (χ0) is 21.6. The van der Waals surface area contributed by atoms with Crippen molar-refractivity contribution in [3.63, 3.8) is 0 Å². The third-order valence-electron chi connectivity index (χ3n) is 4.86. The highest BCUT2D eigenvalue weighted by Gasteiger charge is 2.09. The fourth-order valence-corrected chi connectivity index (χ4v) is 4.97. The van der Waals surface area contributed by atoms with Crippen molar-refractivity contribution >= 4 is 23.5 Å². The summed E-state index contributed by atoms with van der Waals surface area (Å²) in [4.78, 5) is 0. The summed E-state index contributed by atoms with van der Waals surface area (Å²) in [6.45, 7) is 0.